The van der Waals surface area contributed by atoms with Crippen molar-refractivity contribution >= 4 is 23.3 Å². The lowest BCUT2D eigenvalue weighted by Crippen LogP contribution is -2.33. The van der Waals surface area contributed by atoms with Crippen LogP contribution in [0.15, 0.2) is 77.8 Å². The predicted octanol–water partition coefficient (Wildman–Crippen LogP) is 8.86. The number of rotatable bonds is 14. The molecule has 0 atom stereocenters. The molecule has 3 aromatic carbocycles. The van der Waals surface area contributed by atoms with Crippen molar-refractivity contribution in [1.82, 2.24) is 0 Å². The van der Waals surface area contributed by atoms with Gasteiger partial charge in [-0.25, -0.2) is 0 Å². The average molecular weight is 528 g/mol. The number of benzene rings is 3. The maximum Gasteiger partial charge on any atom is 0.270 e. The fraction of sp³-hybridized carbons (Fsp3) is 0.424. The normalized spacial score (nSPS) is 14.1. The van der Waals surface area contributed by atoms with E-state index in [-0.39, 0.29) is 10.6 Å². The zero-order valence-electron chi connectivity index (χ0n) is 23.1. The van der Waals surface area contributed by atoms with Crippen molar-refractivity contribution in [3.63, 3.8) is 0 Å². The predicted molar refractivity (Wildman–Crippen MR) is 161 cm³/mol. The highest BCUT2D eigenvalue weighted by Gasteiger charge is 2.23. The Labute approximate surface area is 232 Å². The topological polar surface area (TPSA) is 68.0 Å². The quantitative estimate of drug-likeness (QED) is 0.0908. The van der Waals surface area contributed by atoms with Crippen LogP contribution >= 0.6 is 0 Å². The maximum atomic E-state index is 11.5. The second-order valence-corrected chi connectivity index (χ2v) is 10.4. The van der Waals surface area contributed by atoms with Gasteiger partial charge in [-0.2, -0.15) is 0 Å². The Bertz CT molecular complexity index is 1190. The minimum atomic E-state index is -0.347. The summed E-state index contributed by atoms with van der Waals surface area (Å²) in [7, 11) is 0. The molecule has 0 aromatic heterocycles. The van der Waals surface area contributed by atoms with Gasteiger partial charge in [0.05, 0.1) is 17.2 Å². The zero-order chi connectivity index (χ0) is 27.3. The molecule has 39 heavy (non-hydrogen) atoms. The molecule has 4 rings (SSSR count). The SMILES string of the molecule is CCCCCCCCCOc1ccc(N=Cc2cc([N+](=O)[O-])ccc2N2CCC(c3ccccc3)CC2)cc1. The van der Waals surface area contributed by atoms with Crippen LogP contribution in [0.5, 0.6) is 5.75 Å². The monoisotopic (exact) mass is 527 g/mol. The van der Waals surface area contributed by atoms with Crippen LogP contribution < -0.4 is 9.64 Å². The van der Waals surface area contributed by atoms with Crippen LogP contribution in [0.3, 0.4) is 0 Å². The number of unbranched alkanes of at least 4 members (excludes halogenated alkanes) is 6. The van der Waals surface area contributed by atoms with Gasteiger partial charge in [-0.1, -0.05) is 75.8 Å². The molecule has 1 aliphatic heterocycles. The van der Waals surface area contributed by atoms with E-state index in [2.05, 4.69) is 47.1 Å². The van der Waals surface area contributed by atoms with Crippen LogP contribution in [-0.4, -0.2) is 30.8 Å². The molecule has 6 nitrogen and oxygen atoms in total. The van der Waals surface area contributed by atoms with Gasteiger partial charge in [0.15, 0.2) is 0 Å². The lowest BCUT2D eigenvalue weighted by molar-refractivity contribution is -0.384. The first kappa shape index (κ1) is 28.3. The Balaban J connectivity index is 1.34. The van der Waals surface area contributed by atoms with Crippen LogP contribution in [0.25, 0.3) is 0 Å². The average Bonchev–Trinajstić information content (AvgIpc) is 2.98. The van der Waals surface area contributed by atoms with Gasteiger partial charge in [0.1, 0.15) is 5.75 Å². The molecule has 0 radical (unpaired) electrons. The molecule has 0 N–H and O–H groups in total. The number of piperidine rings is 1. The van der Waals surface area contributed by atoms with Crippen molar-refractivity contribution in [1.29, 1.82) is 0 Å². The largest absolute Gasteiger partial charge is 0.494 e. The molecule has 6 heteroatoms. The van der Waals surface area contributed by atoms with Crippen LogP contribution in [0.4, 0.5) is 17.1 Å². The highest BCUT2D eigenvalue weighted by Crippen LogP contribution is 2.33. The highest BCUT2D eigenvalue weighted by molar-refractivity contribution is 5.90. The summed E-state index contributed by atoms with van der Waals surface area (Å²) in [6.45, 7) is 4.78. The van der Waals surface area contributed by atoms with E-state index >= 15 is 0 Å². The minimum absolute atomic E-state index is 0.0773. The Kier molecular flexibility index (Phi) is 10.9. The molecule has 0 aliphatic carbocycles. The van der Waals surface area contributed by atoms with Gasteiger partial charge < -0.3 is 9.64 Å². The number of nitrogens with zero attached hydrogens (tertiary/aromatic N) is 3. The maximum absolute atomic E-state index is 11.5. The first-order chi connectivity index (χ1) is 19.1. The molecule has 1 fully saturated rings. The lowest BCUT2D eigenvalue weighted by atomic mass is 9.89. The van der Waals surface area contributed by atoms with E-state index in [0.29, 0.717) is 5.92 Å². The smallest absolute Gasteiger partial charge is 0.270 e. The summed E-state index contributed by atoms with van der Waals surface area (Å²) < 4.78 is 5.90. The summed E-state index contributed by atoms with van der Waals surface area (Å²) in [5, 5.41) is 11.5. The number of ether oxygens (including phenoxy) is 1. The molecule has 0 amide bonds. The molecule has 3 aromatic rings. The van der Waals surface area contributed by atoms with Crippen molar-refractivity contribution in [2.75, 3.05) is 24.6 Å². The van der Waals surface area contributed by atoms with Crippen LogP contribution in [-0.2, 0) is 0 Å². The lowest BCUT2D eigenvalue weighted by Gasteiger charge is -2.34. The van der Waals surface area contributed by atoms with E-state index in [0.717, 1.165) is 61.6 Å². The van der Waals surface area contributed by atoms with E-state index in [1.807, 2.05) is 30.3 Å². The van der Waals surface area contributed by atoms with E-state index in [4.69, 9.17) is 4.74 Å². The summed E-state index contributed by atoms with van der Waals surface area (Å²) in [6.07, 6.45) is 12.7. The molecule has 206 valence electrons. The Hall–Kier alpha value is -3.67. The standard InChI is InChI=1S/C33H41N3O3/c1-2-3-4-5-6-7-11-24-39-32-17-14-30(15-18-32)34-26-29-25-31(36(37)38)16-19-33(29)35-22-20-28(21-23-35)27-12-9-8-10-13-27/h8-10,12-19,25-26,28H,2-7,11,20-24H2,1H3. The van der Waals surface area contributed by atoms with E-state index in [9.17, 15) is 10.1 Å². The summed E-state index contributed by atoms with van der Waals surface area (Å²) in [6, 6.07) is 23.5. The molecule has 1 aliphatic rings. The number of nitro benzene ring substituents is 1. The molecular weight excluding hydrogens is 486 g/mol. The van der Waals surface area contributed by atoms with Gasteiger partial charge in [-0.15, -0.1) is 0 Å². The van der Waals surface area contributed by atoms with Crippen LogP contribution in [0.1, 0.15) is 81.8 Å². The third-order valence-corrected chi connectivity index (χ3v) is 7.53. The number of non-ortho nitro benzene ring substituents is 1. The van der Waals surface area contributed by atoms with Crippen molar-refractivity contribution in [2.24, 2.45) is 4.99 Å². The van der Waals surface area contributed by atoms with Crippen molar-refractivity contribution in [3.05, 3.63) is 94.0 Å². The summed E-state index contributed by atoms with van der Waals surface area (Å²) in [5.41, 5.74) is 4.01. The van der Waals surface area contributed by atoms with Gasteiger partial charge in [0, 0.05) is 42.7 Å². The number of hydrogen-bond acceptors (Lipinski definition) is 5. The van der Waals surface area contributed by atoms with Crippen molar-refractivity contribution in [2.45, 2.75) is 70.6 Å². The molecule has 1 heterocycles. The van der Waals surface area contributed by atoms with E-state index < -0.39 is 0 Å². The Morgan fingerprint density at radius 3 is 2.31 bits per heavy atom. The zero-order valence-corrected chi connectivity index (χ0v) is 23.1. The first-order valence-corrected chi connectivity index (χ1v) is 14.5. The summed E-state index contributed by atoms with van der Waals surface area (Å²) in [4.78, 5) is 18.1. The molecular formula is C33H41N3O3. The van der Waals surface area contributed by atoms with Crippen LogP contribution in [0, 0.1) is 10.1 Å². The first-order valence-electron chi connectivity index (χ1n) is 14.5. The number of nitro groups is 1. The second-order valence-electron chi connectivity index (χ2n) is 10.4. The van der Waals surface area contributed by atoms with E-state index in [1.54, 1.807) is 18.3 Å². The summed E-state index contributed by atoms with van der Waals surface area (Å²) in [5.74, 6) is 1.39. The Morgan fingerprint density at radius 2 is 1.62 bits per heavy atom. The molecule has 0 bridgehead atoms. The minimum Gasteiger partial charge on any atom is -0.494 e. The van der Waals surface area contributed by atoms with E-state index in [1.165, 1.54) is 44.1 Å². The fourth-order valence-corrected chi connectivity index (χ4v) is 5.25. The third-order valence-electron chi connectivity index (χ3n) is 7.53. The van der Waals surface area contributed by atoms with Gasteiger partial charge in [0.2, 0.25) is 0 Å². The van der Waals surface area contributed by atoms with Gasteiger partial charge in [-0.3, -0.25) is 15.1 Å². The second kappa shape index (κ2) is 15.1. The van der Waals surface area contributed by atoms with Crippen molar-refractivity contribution in [3.8, 4) is 5.75 Å². The third kappa shape index (κ3) is 8.67. The number of aliphatic imine (C=N–C) groups is 1. The molecule has 0 spiro atoms. The van der Waals surface area contributed by atoms with Crippen LogP contribution in [0.2, 0.25) is 0 Å². The van der Waals surface area contributed by atoms with Gasteiger partial charge in [-0.05, 0) is 61.1 Å². The van der Waals surface area contributed by atoms with Gasteiger partial charge >= 0.3 is 0 Å². The Morgan fingerprint density at radius 1 is 0.923 bits per heavy atom. The molecule has 0 unspecified atom stereocenters. The highest BCUT2D eigenvalue weighted by atomic mass is 16.6. The molecule has 1 saturated heterocycles. The summed E-state index contributed by atoms with van der Waals surface area (Å²) >= 11 is 0. The van der Waals surface area contributed by atoms with Gasteiger partial charge in [0.25, 0.3) is 5.69 Å². The number of anilines is 1. The number of hydrogen-bond donors (Lipinski definition) is 0. The molecule has 0 saturated carbocycles. The fourth-order valence-electron chi connectivity index (χ4n) is 5.25. The van der Waals surface area contributed by atoms with Crippen molar-refractivity contribution < 1.29 is 9.66 Å².